The zero-order valence-electron chi connectivity index (χ0n) is 7.21. The Morgan fingerprint density at radius 1 is 1.29 bits per heavy atom. The van der Waals surface area contributed by atoms with Crippen LogP contribution in [0.1, 0.15) is 5.69 Å². The van der Waals surface area contributed by atoms with Gasteiger partial charge >= 0.3 is 0 Å². The minimum absolute atomic E-state index is 0.813. The number of aromatic nitrogens is 1. The van der Waals surface area contributed by atoms with Crippen LogP contribution in [0.25, 0.3) is 10.6 Å². The first-order valence-corrected chi connectivity index (χ1v) is 6.86. The van der Waals surface area contributed by atoms with Crippen LogP contribution in [0.15, 0.2) is 34.1 Å². The Labute approximate surface area is 103 Å². The van der Waals surface area contributed by atoms with Gasteiger partial charge in [-0.15, -0.1) is 11.3 Å². The van der Waals surface area contributed by atoms with E-state index in [0.29, 0.717) is 0 Å². The molecule has 0 atom stereocenters. The molecular formula is C10H7Br2NS. The van der Waals surface area contributed by atoms with E-state index in [1.807, 2.05) is 18.2 Å². The Bertz CT molecular complexity index is 439. The normalized spacial score (nSPS) is 10.4. The van der Waals surface area contributed by atoms with Gasteiger partial charge < -0.3 is 0 Å². The van der Waals surface area contributed by atoms with E-state index < -0.39 is 0 Å². The van der Waals surface area contributed by atoms with Crippen molar-refractivity contribution in [1.29, 1.82) is 0 Å². The zero-order chi connectivity index (χ0) is 9.97. The van der Waals surface area contributed by atoms with Crippen LogP contribution in [0.3, 0.4) is 0 Å². The predicted octanol–water partition coefficient (Wildman–Crippen LogP) is 4.47. The molecule has 2 rings (SSSR count). The van der Waals surface area contributed by atoms with Crippen molar-refractivity contribution < 1.29 is 0 Å². The second-order valence-electron chi connectivity index (χ2n) is 2.76. The van der Waals surface area contributed by atoms with Crippen LogP contribution in [0.5, 0.6) is 0 Å². The maximum absolute atomic E-state index is 4.50. The lowest BCUT2D eigenvalue weighted by Crippen LogP contribution is -1.80. The molecule has 0 spiro atoms. The highest BCUT2D eigenvalue weighted by molar-refractivity contribution is 9.10. The minimum atomic E-state index is 0.813. The zero-order valence-corrected chi connectivity index (χ0v) is 11.2. The number of alkyl halides is 1. The van der Waals surface area contributed by atoms with E-state index >= 15 is 0 Å². The molecule has 0 unspecified atom stereocenters. The van der Waals surface area contributed by atoms with Crippen LogP contribution in [0, 0.1) is 0 Å². The molecule has 72 valence electrons. The number of hydrogen-bond acceptors (Lipinski definition) is 2. The largest absolute Gasteiger partial charge is 0.240 e. The molecule has 0 N–H and O–H groups in total. The van der Waals surface area contributed by atoms with Crippen LogP contribution in [-0.4, -0.2) is 4.98 Å². The van der Waals surface area contributed by atoms with Gasteiger partial charge in [0.2, 0.25) is 0 Å². The van der Waals surface area contributed by atoms with Gasteiger partial charge in [0.25, 0.3) is 0 Å². The Kier molecular flexibility index (Phi) is 3.36. The van der Waals surface area contributed by atoms with Gasteiger partial charge in [0.05, 0.1) is 5.69 Å². The summed E-state index contributed by atoms with van der Waals surface area (Å²) >= 11 is 8.58. The number of nitrogens with zero attached hydrogens (tertiary/aromatic N) is 1. The lowest BCUT2D eigenvalue weighted by molar-refractivity contribution is 1.25. The van der Waals surface area contributed by atoms with Gasteiger partial charge in [-0.3, -0.25) is 0 Å². The fraction of sp³-hybridized carbons (Fsp3) is 0.100. The molecule has 0 amide bonds. The average Bonchev–Trinajstić information content (AvgIpc) is 2.67. The van der Waals surface area contributed by atoms with E-state index in [-0.39, 0.29) is 0 Å². The van der Waals surface area contributed by atoms with Crippen molar-refractivity contribution in [2.45, 2.75) is 5.33 Å². The average molecular weight is 333 g/mol. The van der Waals surface area contributed by atoms with Gasteiger partial charge in [0.15, 0.2) is 0 Å². The molecule has 0 bridgehead atoms. The molecule has 0 saturated heterocycles. The fourth-order valence-corrected chi connectivity index (χ4v) is 3.09. The number of thiazole rings is 1. The van der Waals surface area contributed by atoms with Crippen molar-refractivity contribution >= 4 is 43.2 Å². The standard InChI is InChI=1S/C10H7Br2NS/c11-5-7-6-14-10(13-7)8-3-1-2-4-9(8)12/h1-4,6H,5H2. The van der Waals surface area contributed by atoms with Crippen LogP contribution in [-0.2, 0) is 5.33 Å². The summed E-state index contributed by atoms with van der Waals surface area (Å²) in [6.45, 7) is 0. The van der Waals surface area contributed by atoms with Crippen LogP contribution < -0.4 is 0 Å². The molecule has 4 heteroatoms. The lowest BCUT2D eigenvalue weighted by atomic mass is 10.2. The maximum atomic E-state index is 4.50. The van der Waals surface area contributed by atoms with E-state index in [1.165, 1.54) is 0 Å². The lowest BCUT2D eigenvalue weighted by Gasteiger charge is -1.98. The Hall–Kier alpha value is -0.190. The number of rotatable bonds is 2. The Morgan fingerprint density at radius 2 is 2.07 bits per heavy atom. The Balaban J connectivity index is 2.44. The molecule has 1 nitrogen and oxygen atoms in total. The molecule has 0 aliphatic heterocycles. The van der Waals surface area contributed by atoms with Gasteiger partial charge in [-0.2, -0.15) is 0 Å². The quantitative estimate of drug-likeness (QED) is 0.739. The van der Waals surface area contributed by atoms with Crippen molar-refractivity contribution in [3.8, 4) is 10.6 Å². The molecule has 14 heavy (non-hydrogen) atoms. The second-order valence-corrected chi connectivity index (χ2v) is 5.03. The molecule has 2 aromatic rings. The van der Waals surface area contributed by atoms with Crippen molar-refractivity contribution in [1.82, 2.24) is 4.98 Å². The first-order valence-electron chi connectivity index (χ1n) is 4.06. The van der Waals surface area contributed by atoms with Gasteiger partial charge in [0, 0.05) is 20.7 Å². The predicted molar refractivity (Wildman–Crippen MR) is 67.9 cm³/mol. The molecule has 0 saturated carbocycles. The van der Waals surface area contributed by atoms with Crippen LogP contribution >= 0.6 is 43.2 Å². The molecule has 0 aliphatic carbocycles. The van der Waals surface area contributed by atoms with E-state index in [0.717, 1.165) is 26.1 Å². The molecular weight excluding hydrogens is 326 g/mol. The number of benzene rings is 1. The van der Waals surface area contributed by atoms with E-state index in [1.54, 1.807) is 11.3 Å². The third-order valence-electron chi connectivity index (χ3n) is 1.79. The summed E-state index contributed by atoms with van der Waals surface area (Å²) in [5, 5.41) is 3.95. The van der Waals surface area contributed by atoms with E-state index in [4.69, 9.17) is 0 Å². The summed E-state index contributed by atoms with van der Waals surface area (Å²) in [5.74, 6) is 0. The monoisotopic (exact) mass is 331 g/mol. The van der Waals surface area contributed by atoms with Crippen LogP contribution in [0.2, 0.25) is 0 Å². The molecule has 0 radical (unpaired) electrons. The first-order chi connectivity index (χ1) is 6.81. The minimum Gasteiger partial charge on any atom is -0.240 e. The highest BCUT2D eigenvalue weighted by Crippen LogP contribution is 2.30. The molecule has 0 fully saturated rings. The maximum Gasteiger partial charge on any atom is 0.124 e. The number of halogens is 2. The smallest absolute Gasteiger partial charge is 0.124 e. The number of hydrogen-bond donors (Lipinski definition) is 0. The van der Waals surface area contributed by atoms with Gasteiger partial charge in [-0.1, -0.05) is 50.1 Å². The van der Waals surface area contributed by atoms with Gasteiger partial charge in [0.1, 0.15) is 5.01 Å². The third-order valence-corrected chi connectivity index (χ3v) is 3.98. The summed E-state index contributed by atoms with van der Waals surface area (Å²) in [7, 11) is 0. The van der Waals surface area contributed by atoms with Crippen molar-refractivity contribution in [2.24, 2.45) is 0 Å². The van der Waals surface area contributed by atoms with Crippen molar-refractivity contribution in [3.63, 3.8) is 0 Å². The van der Waals surface area contributed by atoms with Crippen LogP contribution in [0.4, 0.5) is 0 Å². The van der Waals surface area contributed by atoms with Gasteiger partial charge in [-0.05, 0) is 6.07 Å². The highest BCUT2D eigenvalue weighted by atomic mass is 79.9. The fourth-order valence-electron chi connectivity index (χ4n) is 1.13. The molecule has 1 heterocycles. The second kappa shape index (κ2) is 4.55. The highest BCUT2D eigenvalue weighted by Gasteiger charge is 2.06. The summed E-state index contributed by atoms with van der Waals surface area (Å²) in [6.07, 6.45) is 0. The summed E-state index contributed by atoms with van der Waals surface area (Å²) in [5.41, 5.74) is 2.24. The third kappa shape index (κ3) is 2.07. The van der Waals surface area contributed by atoms with E-state index in [2.05, 4.69) is 48.3 Å². The molecule has 0 aliphatic rings. The molecule has 1 aromatic heterocycles. The van der Waals surface area contributed by atoms with Crippen molar-refractivity contribution in [2.75, 3.05) is 0 Å². The summed E-state index contributed by atoms with van der Waals surface area (Å²) in [6, 6.07) is 8.13. The summed E-state index contributed by atoms with van der Waals surface area (Å²) in [4.78, 5) is 4.50. The summed E-state index contributed by atoms with van der Waals surface area (Å²) < 4.78 is 1.09. The first kappa shape index (κ1) is 10.3. The molecule has 1 aromatic carbocycles. The van der Waals surface area contributed by atoms with Crippen molar-refractivity contribution in [3.05, 3.63) is 39.8 Å². The Morgan fingerprint density at radius 3 is 2.71 bits per heavy atom. The van der Waals surface area contributed by atoms with E-state index in [9.17, 15) is 0 Å². The SMILES string of the molecule is BrCc1csc(-c2ccccc2Br)n1. The van der Waals surface area contributed by atoms with Gasteiger partial charge in [-0.25, -0.2) is 4.98 Å². The topological polar surface area (TPSA) is 12.9 Å².